The van der Waals surface area contributed by atoms with Crippen molar-refractivity contribution in [2.24, 2.45) is 0 Å². The number of hydrogen-bond acceptors (Lipinski definition) is 1. The molecule has 0 bridgehead atoms. The quantitative estimate of drug-likeness (QED) is 0.581. The van der Waals surface area contributed by atoms with E-state index in [1.807, 2.05) is 13.0 Å². The van der Waals surface area contributed by atoms with Gasteiger partial charge in [0.25, 0.3) is 0 Å². The van der Waals surface area contributed by atoms with E-state index in [2.05, 4.69) is 13.2 Å². The van der Waals surface area contributed by atoms with Crippen LogP contribution < -0.4 is 0 Å². The second kappa shape index (κ2) is 5.24. The van der Waals surface area contributed by atoms with Crippen LogP contribution >= 0.6 is 0 Å². The first-order valence-electron chi connectivity index (χ1n) is 3.60. The normalized spacial score (nSPS) is 12.6. The molecule has 0 aliphatic heterocycles. The molecular formula is C9H16O. The predicted molar refractivity (Wildman–Crippen MR) is 44.9 cm³/mol. The molecule has 1 atom stereocenters. The molecule has 0 saturated carbocycles. The van der Waals surface area contributed by atoms with Gasteiger partial charge >= 0.3 is 0 Å². The average Bonchev–Trinajstić information content (AvgIpc) is 1.82. The monoisotopic (exact) mass is 140 g/mol. The first-order chi connectivity index (χ1) is 4.66. The van der Waals surface area contributed by atoms with Gasteiger partial charge in [0, 0.05) is 0 Å². The Morgan fingerprint density at radius 2 is 2.30 bits per heavy atom. The van der Waals surface area contributed by atoms with Crippen LogP contribution in [-0.4, -0.2) is 11.2 Å². The average molecular weight is 140 g/mol. The maximum absolute atomic E-state index is 9.24. The molecule has 1 nitrogen and oxygen atoms in total. The lowest BCUT2D eigenvalue weighted by Gasteiger charge is -2.07. The smallest absolute Gasteiger partial charge is 0.0580 e. The highest BCUT2D eigenvalue weighted by Crippen LogP contribution is 2.07. The minimum absolute atomic E-state index is 0.226. The molecule has 1 heteroatoms. The van der Waals surface area contributed by atoms with Gasteiger partial charge in [-0.15, -0.1) is 13.2 Å². The Morgan fingerprint density at radius 3 is 2.70 bits per heavy atom. The molecule has 0 rings (SSSR count). The van der Waals surface area contributed by atoms with Crippen molar-refractivity contribution < 1.29 is 5.11 Å². The van der Waals surface area contributed by atoms with Crippen molar-refractivity contribution in [3.63, 3.8) is 0 Å². The van der Waals surface area contributed by atoms with E-state index < -0.39 is 0 Å². The lowest BCUT2D eigenvalue weighted by atomic mass is 10.1. The van der Waals surface area contributed by atoms with Crippen LogP contribution in [0.15, 0.2) is 24.8 Å². The van der Waals surface area contributed by atoms with Crippen LogP contribution in [0.5, 0.6) is 0 Å². The van der Waals surface area contributed by atoms with E-state index in [-0.39, 0.29) is 6.10 Å². The predicted octanol–water partition coefficient (Wildman–Crippen LogP) is 2.28. The summed E-state index contributed by atoms with van der Waals surface area (Å²) in [5, 5.41) is 9.24. The second-order valence-corrected chi connectivity index (χ2v) is 2.68. The van der Waals surface area contributed by atoms with E-state index in [1.165, 1.54) is 0 Å². The van der Waals surface area contributed by atoms with Crippen LogP contribution in [0.25, 0.3) is 0 Å². The van der Waals surface area contributed by atoms with Gasteiger partial charge in [0.05, 0.1) is 6.10 Å². The van der Waals surface area contributed by atoms with Crippen molar-refractivity contribution in [1.82, 2.24) is 0 Å². The third kappa shape index (κ3) is 5.57. The molecule has 58 valence electrons. The largest absolute Gasteiger partial charge is 0.393 e. The van der Waals surface area contributed by atoms with Gasteiger partial charge in [0.1, 0.15) is 0 Å². The highest BCUT2D eigenvalue weighted by atomic mass is 16.3. The van der Waals surface area contributed by atoms with E-state index in [0.29, 0.717) is 6.42 Å². The first-order valence-corrected chi connectivity index (χ1v) is 3.60. The molecule has 0 aromatic rings. The third-order valence-corrected chi connectivity index (χ3v) is 1.29. The Balaban J connectivity index is 3.33. The van der Waals surface area contributed by atoms with Crippen LogP contribution in [0.3, 0.4) is 0 Å². The van der Waals surface area contributed by atoms with Gasteiger partial charge in [-0.3, -0.25) is 0 Å². The second-order valence-electron chi connectivity index (χ2n) is 2.68. The minimum Gasteiger partial charge on any atom is -0.393 e. The van der Waals surface area contributed by atoms with Crippen molar-refractivity contribution in [2.45, 2.75) is 32.3 Å². The summed E-state index contributed by atoms with van der Waals surface area (Å²) in [7, 11) is 0. The first kappa shape index (κ1) is 9.44. The van der Waals surface area contributed by atoms with E-state index in [4.69, 9.17) is 0 Å². The molecule has 0 spiro atoms. The van der Waals surface area contributed by atoms with E-state index in [9.17, 15) is 5.11 Å². The van der Waals surface area contributed by atoms with Crippen LogP contribution in [0, 0.1) is 0 Å². The Hall–Kier alpha value is -0.560. The SMILES string of the molecule is C=CCCC(O)CC(=C)C. The van der Waals surface area contributed by atoms with Crippen molar-refractivity contribution in [1.29, 1.82) is 0 Å². The molecule has 0 aliphatic carbocycles. The van der Waals surface area contributed by atoms with Gasteiger partial charge in [-0.25, -0.2) is 0 Å². The van der Waals surface area contributed by atoms with Crippen LogP contribution in [0.1, 0.15) is 26.2 Å². The van der Waals surface area contributed by atoms with Crippen molar-refractivity contribution in [3.05, 3.63) is 24.8 Å². The van der Waals surface area contributed by atoms with Gasteiger partial charge in [-0.2, -0.15) is 0 Å². The molecule has 1 unspecified atom stereocenters. The summed E-state index contributed by atoms with van der Waals surface area (Å²) in [5.74, 6) is 0. The van der Waals surface area contributed by atoms with Crippen LogP contribution in [0.4, 0.5) is 0 Å². The summed E-state index contributed by atoms with van der Waals surface area (Å²) in [5.41, 5.74) is 1.04. The molecule has 0 fully saturated rings. The number of rotatable bonds is 5. The molecule has 0 saturated heterocycles. The van der Waals surface area contributed by atoms with Gasteiger partial charge < -0.3 is 5.11 Å². The molecule has 0 aliphatic rings. The number of allylic oxidation sites excluding steroid dienone is 1. The van der Waals surface area contributed by atoms with E-state index in [1.54, 1.807) is 0 Å². The third-order valence-electron chi connectivity index (χ3n) is 1.29. The maximum Gasteiger partial charge on any atom is 0.0580 e. The van der Waals surface area contributed by atoms with Gasteiger partial charge in [0.2, 0.25) is 0 Å². The molecule has 0 aromatic heterocycles. The Bertz CT molecular complexity index is 116. The van der Waals surface area contributed by atoms with Crippen LogP contribution in [0.2, 0.25) is 0 Å². The fourth-order valence-electron chi connectivity index (χ4n) is 0.815. The summed E-state index contributed by atoms with van der Waals surface area (Å²) in [6.07, 6.45) is 4.00. The zero-order chi connectivity index (χ0) is 7.98. The topological polar surface area (TPSA) is 20.2 Å². The van der Waals surface area contributed by atoms with E-state index >= 15 is 0 Å². The zero-order valence-electron chi connectivity index (χ0n) is 6.64. The number of hydrogen-bond donors (Lipinski definition) is 1. The summed E-state index contributed by atoms with van der Waals surface area (Å²) in [6.45, 7) is 9.22. The maximum atomic E-state index is 9.24. The van der Waals surface area contributed by atoms with Crippen molar-refractivity contribution in [3.8, 4) is 0 Å². The van der Waals surface area contributed by atoms with Gasteiger partial charge in [0.15, 0.2) is 0 Å². The summed E-state index contributed by atoms with van der Waals surface area (Å²) >= 11 is 0. The summed E-state index contributed by atoms with van der Waals surface area (Å²) < 4.78 is 0. The number of aliphatic hydroxyl groups excluding tert-OH is 1. The molecule has 1 N–H and O–H groups in total. The molecule has 0 radical (unpaired) electrons. The highest BCUT2D eigenvalue weighted by molar-refractivity contribution is 4.90. The molecule has 0 aromatic carbocycles. The Kier molecular flexibility index (Phi) is 4.95. The van der Waals surface area contributed by atoms with Gasteiger partial charge in [-0.05, 0) is 26.2 Å². The van der Waals surface area contributed by atoms with Crippen LogP contribution in [-0.2, 0) is 0 Å². The lowest BCUT2D eigenvalue weighted by Crippen LogP contribution is -2.05. The number of aliphatic hydroxyl groups is 1. The highest BCUT2D eigenvalue weighted by Gasteiger charge is 2.01. The minimum atomic E-state index is -0.226. The Morgan fingerprint density at radius 1 is 1.70 bits per heavy atom. The summed E-state index contributed by atoms with van der Waals surface area (Å²) in [6, 6.07) is 0. The van der Waals surface area contributed by atoms with E-state index in [0.717, 1.165) is 18.4 Å². The lowest BCUT2D eigenvalue weighted by molar-refractivity contribution is 0.166. The van der Waals surface area contributed by atoms with Crippen molar-refractivity contribution in [2.75, 3.05) is 0 Å². The standard InChI is InChI=1S/C9H16O/c1-4-5-6-9(10)7-8(2)3/h4,9-10H,1-2,5-7H2,3H3. The fraction of sp³-hybridized carbons (Fsp3) is 0.556. The van der Waals surface area contributed by atoms with Crippen molar-refractivity contribution >= 4 is 0 Å². The zero-order valence-corrected chi connectivity index (χ0v) is 6.64. The summed E-state index contributed by atoms with van der Waals surface area (Å²) in [4.78, 5) is 0. The molecule has 0 amide bonds. The molecule has 10 heavy (non-hydrogen) atoms. The molecule has 0 heterocycles. The van der Waals surface area contributed by atoms with Gasteiger partial charge in [-0.1, -0.05) is 11.6 Å². The fourth-order valence-corrected chi connectivity index (χ4v) is 0.815. The molecular weight excluding hydrogens is 124 g/mol. The Labute approximate surface area is 63.1 Å².